The van der Waals surface area contributed by atoms with Gasteiger partial charge in [0.05, 0.1) is 11.0 Å². The second-order valence-corrected chi connectivity index (χ2v) is 10.5. The molecule has 210 valence electrons. The summed E-state index contributed by atoms with van der Waals surface area (Å²) >= 11 is 0. The highest BCUT2D eigenvalue weighted by Crippen LogP contribution is 2.32. The molecule has 0 aliphatic carbocycles. The molecule has 1 heterocycles. The molecule has 4 aromatic carbocycles. The van der Waals surface area contributed by atoms with Gasteiger partial charge in [-0.05, 0) is 55.2 Å². The van der Waals surface area contributed by atoms with Crippen molar-refractivity contribution >= 4 is 33.2 Å². The summed E-state index contributed by atoms with van der Waals surface area (Å²) in [5, 5.41) is 2.54. The maximum absolute atomic E-state index is 4.00. The number of nitrogens with zero attached hydrogens (tertiary/aromatic N) is 2. The Hall–Kier alpha value is -4.82. The molecule has 42 heavy (non-hydrogen) atoms. The topological polar surface area (TPSA) is 8.17 Å². The van der Waals surface area contributed by atoms with Crippen molar-refractivity contribution in [2.75, 3.05) is 18.5 Å². The van der Waals surface area contributed by atoms with Crippen LogP contribution in [0.5, 0.6) is 0 Å². The van der Waals surface area contributed by atoms with Gasteiger partial charge < -0.3 is 9.47 Å². The van der Waals surface area contributed by atoms with Crippen LogP contribution in [0.2, 0.25) is 0 Å². The molecule has 0 N–H and O–H groups in total. The molecule has 0 atom stereocenters. The Morgan fingerprint density at radius 2 is 1.36 bits per heavy atom. The van der Waals surface area contributed by atoms with Crippen molar-refractivity contribution in [1.82, 2.24) is 4.57 Å². The zero-order valence-electron chi connectivity index (χ0n) is 24.8. The molecule has 1 aromatic heterocycles. The van der Waals surface area contributed by atoms with Gasteiger partial charge in [0, 0.05) is 41.3 Å². The number of aromatic nitrogens is 1. The van der Waals surface area contributed by atoms with Gasteiger partial charge in [0.1, 0.15) is 0 Å². The lowest BCUT2D eigenvalue weighted by atomic mass is 10.0. The van der Waals surface area contributed by atoms with Crippen molar-refractivity contribution in [2.45, 2.75) is 26.2 Å². The van der Waals surface area contributed by atoms with E-state index in [0.717, 1.165) is 31.5 Å². The van der Waals surface area contributed by atoms with Crippen LogP contribution in [0.25, 0.3) is 38.6 Å². The molecule has 0 spiro atoms. The van der Waals surface area contributed by atoms with Crippen LogP contribution in [0.15, 0.2) is 158 Å². The molecule has 2 heteroatoms. The summed E-state index contributed by atoms with van der Waals surface area (Å²) in [6, 6.07) is 36.5. The van der Waals surface area contributed by atoms with Gasteiger partial charge in [-0.15, -0.1) is 0 Å². The number of anilines is 1. The summed E-state index contributed by atoms with van der Waals surface area (Å²) in [4.78, 5) is 2.32. The number of benzene rings is 4. The predicted molar refractivity (Wildman–Crippen MR) is 185 cm³/mol. The number of rotatable bonds is 12. The third-order valence-electron chi connectivity index (χ3n) is 7.61. The number of hydrogen-bond acceptors (Lipinski definition) is 1. The van der Waals surface area contributed by atoms with Crippen molar-refractivity contribution in [3.05, 3.63) is 158 Å². The summed E-state index contributed by atoms with van der Waals surface area (Å²) in [6.45, 7) is 7.07. The van der Waals surface area contributed by atoms with Crippen LogP contribution in [0.3, 0.4) is 0 Å². The minimum atomic E-state index is 0.860. The lowest BCUT2D eigenvalue weighted by Crippen LogP contribution is -2.17. The van der Waals surface area contributed by atoms with Gasteiger partial charge in [-0.2, -0.15) is 0 Å². The Kier molecular flexibility index (Phi) is 9.69. The lowest BCUT2D eigenvalue weighted by molar-refractivity contribution is 1.01. The van der Waals surface area contributed by atoms with Crippen molar-refractivity contribution < 1.29 is 0 Å². The van der Waals surface area contributed by atoms with E-state index in [2.05, 4.69) is 170 Å². The van der Waals surface area contributed by atoms with E-state index in [0.29, 0.717) is 0 Å². The molecule has 0 radical (unpaired) electrons. The average Bonchev–Trinajstić information content (AvgIpc) is 3.37. The number of allylic oxidation sites excluding steroid dienone is 8. The normalized spacial score (nSPS) is 12.6. The molecule has 2 nitrogen and oxygen atoms in total. The van der Waals surface area contributed by atoms with Crippen LogP contribution in [0, 0.1) is 0 Å². The van der Waals surface area contributed by atoms with Crippen LogP contribution < -0.4 is 4.90 Å². The molecule has 0 fully saturated rings. The first-order valence-corrected chi connectivity index (χ1v) is 14.9. The fourth-order valence-corrected chi connectivity index (χ4v) is 5.63. The van der Waals surface area contributed by atoms with E-state index < -0.39 is 0 Å². The molecule has 5 rings (SSSR count). The van der Waals surface area contributed by atoms with Gasteiger partial charge in [0.25, 0.3) is 0 Å². The number of likely N-dealkylation sites (N-methyl/N-ethyl adjacent to an activating group) is 1. The number of hydrogen-bond donors (Lipinski definition) is 0. The number of fused-ring (bicyclic) bond motifs is 3. The van der Waals surface area contributed by atoms with E-state index in [1.807, 2.05) is 6.08 Å². The second kappa shape index (κ2) is 14.2. The fourth-order valence-electron chi connectivity index (χ4n) is 5.63. The predicted octanol–water partition coefficient (Wildman–Crippen LogP) is 10.9. The Morgan fingerprint density at radius 1 is 0.738 bits per heavy atom. The summed E-state index contributed by atoms with van der Waals surface area (Å²) in [6.07, 6.45) is 18.4. The summed E-state index contributed by atoms with van der Waals surface area (Å²) < 4.78 is 2.34. The van der Waals surface area contributed by atoms with Crippen molar-refractivity contribution in [1.29, 1.82) is 0 Å². The fraction of sp³-hybridized carbons (Fsp3) is 0.150. The Labute approximate surface area is 250 Å². The maximum atomic E-state index is 4.00. The van der Waals surface area contributed by atoms with Crippen LogP contribution in [-0.2, 0) is 0 Å². The summed E-state index contributed by atoms with van der Waals surface area (Å²) in [5.74, 6) is 0. The van der Waals surface area contributed by atoms with E-state index in [9.17, 15) is 0 Å². The molecular formula is C40H40N2. The van der Waals surface area contributed by atoms with Crippen LogP contribution in [0.4, 0.5) is 5.69 Å². The van der Waals surface area contributed by atoms with Crippen molar-refractivity contribution in [3.8, 4) is 11.1 Å². The van der Waals surface area contributed by atoms with Gasteiger partial charge in [-0.25, -0.2) is 0 Å². The maximum Gasteiger partial charge on any atom is 0.0541 e. The SMILES string of the molecule is C=C/C=C(\C=C/C/C(=C/CC)C/C=C\CN(C)c1ccccc1-c1ccccc1)n1c2ccccc2c2ccccc21. The lowest BCUT2D eigenvalue weighted by Gasteiger charge is -2.21. The van der Waals surface area contributed by atoms with E-state index in [-0.39, 0.29) is 0 Å². The minimum Gasteiger partial charge on any atom is -0.370 e. The third-order valence-corrected chi connectivity index (χ3v) is 7.61. The molecule has 0 saturated carbocycles. The summed E-state index contributed by atoms with van der Waals surface area (Å²) in [5.41, 5.74) is 8.72. The average molecular weight is 549 g/mol. The third kappa shape index (κ3) is 6.56. The first-order valence-electron chi connectivity index (χ1n) is 14.9. The zero-order chi connectivity index (χ0) is 29.1. The number of para-hydroxylation sites is 3. The van der Waals surface area contributed by atoms with E-state index in [1.165, 1.54) is 44.2 Å². The van der Waals surface area contributed by atoms with E-state index >= 15 is 0 Å². The Morgan fingerprint density at radius 3 is 2.05 bits per heavy atom. The molecule has 0 unspecified atom stereocenters. The second-order valence-electron chi connectivity index (χ2n) is 10.5. The monoisotopic (exact) mass is 548 g/mol. The highest BCUT2D eigenvalue weighted by molar-refractivity contribution is 6.10. The van der Waals surface area contributed by atoms with Gasteiger partial charge in [-0.1, -0.05) is 134 Å². The van der Waals surface area contributed by atoms with Gasteiger partial charge in [0.15, 0.2) is 0 Å². The molecule has 5 aromatic rings. The molecule has 0 bridgehead atoms. The Balaban J connectivity index is 1.27. The van der Waals surface area contributed by atoms with Gasteiger partial charge in [-0.3, -0.25) is 0 Å². The highest BCUT2D eigenvalue weighted by Gasteiger charge is 2.11. The molecule has 0 amide bonds. The van der Waals surface area contributed by atoms with Crippen LogP contribution >= 0.6 is 0 Å². The first kappa shape index (κ1) is 28.7. The molecule has 0 aliphatic rings. The molecular weight excluding hydrogens is 508 g/mol. The zero-order valence-corrected chi connectivity index (χ0v) is 24.8. The van der Waals surface area contributed by atoms with Crippen molar-refractivity contribution in [3.63, 3.8) is 0 Å². The minimum absolute atomic E-state index is 0.860. The van der Waals surface area contributed by atoms with E-state index in [1.54, 1.807) is 0 Å². The van der Waals surface area contributed by atoms with Gasteiger partial charge in [0.2, 0.25) is 0 Å². The quantitative estimate of drug-likeness (QED) is 0.111. The molecule has 0 saturated heterocycles. The van der Waals surface area contributed by atoms with E-state index in [4.69, 9.17) is 0 Å². The van der Waals surface area contributed by atoms with Crippen molar-refractivity contribution in [2.24, 2.45) is 0 Å². The summed E-state index contributed by atoms with van der Waals surface area (Å²) in [7, 11) is 2.17. The van der Waals surface area contributed by atoms with Crippen LogP contribution in [0.1, 0.15) is 26.2 Å². The highest BCUT2D eigenvalue weighted by atomic mass is 15.1. The molecule has 0 aliphatic heterocycles. The van der Waals surface area contributed by atoms with Crippen LogP contribution in [-0.4, -0.2) is 18.2 Å². The standard InChI is InChI=1S/C40H40N2/c1-4-18-32(20-15-16-31-41(3)38-28-12-9-25-35(38)33-22-7-6-8-23-33)21-17-24-34(19-5-2)42-39-29-13-10-26-36(39)37-27-11-14-30-40(37)42/h5-19,22-30H,2,4,20-21,31H2,1,3H3/b16-15-,24-17-,32-18+,34-19+. The Bertz CT molecular complexity index is 1710. The largest absolute Gasteiger partial charge is 0.370 e. The van der Waals surface area contributed by atoms with Gasteiger partial charge >= 0.3 is 0 Å². The first-order chi connectivity index (χ1) is 20.7. The smallest absolute Gasteiger partial charge is 0.0541 e.